The lowest BCUT2D eigenvalue weighted by Crippen LogP contribution is -2.52. The van der Waals surface area contributed by atoms with Gasteiger partial charge in [-0.05, 0) is 31.9 Å². The van der Waals surface area contributed by atoms with Gasteiger partial charge in [0.15, 0.2) is 0 Å². The van der Waals surface area contributed by atoms with Crippen molar-refractivity contribution < 1.29 is 33.5 Å². The predicted octanol–water partition coefficient (Wildman–Crippen LogP) is -2.06. The van der Waals surface area contributed by atoms with Crippen LogP contribution in [0, 0.1) is 0 Å². The summed E-state index contributed by atoms with van der Waals surface area (Å²) in [5.74, 6) is -3.14. The summed E-state index contributed by atoms with van der Waals surface area (Å²) < 4.78 is 5.25. The monoisotopic (exact) mass is 563 g/mol. The lowest BCUT2D eigenvalue weighted by atomic mass is 10.1. The van der Waals surface area contributed by atoms with Gasteiger partial charge in [-0.2, -0.15) is 0 Å². The Hall–Kier alpha value is -4.04. The molecule has 0 heterocycles. The molecule has 0 bridgehead atoms. The van der Waals surface area contributed by atoms with Crippen LogP contribution < -0.4 is 38.1 Å². The van der Waals surface area contributed by atoms with Crippen LogP contribution in [0.25, 0.3) is 0 Å². The second-order valence-electron chi connectivity index (χ2n) is 9.07. The van der Waals surface area contributed by atoms with E-state index in [1.165, 1.54) is 0 Å². The zero-order chi connectivity index (χ0) is 29.8. The molecule has 0 aliphatic heterocycles. The van der Waals surface area contributed by atoms with Crippen molar-refractivity contribution in [2.75, 3.05) is 32.9 Å². The Labute approximate surface area is 233 Å². The molecule has 0 aromatic heterocycles. The summed E-state index contributed by atoms with van der Waals surface area (Å²) in [4.78, 5) is 72.0. The Morgan fingerprint density at radius 2 is 1.43 bits per heavy atom. The SMILES string of the molecule is C[C@@H](CC(N)=O)OCNC(=O)CNC(=O)[C@H](Cc1ccccc1)NC(=O)CNC(=O)CNC(=O)CCCCCN. The third-order valence-corrected chi connectivity index (χ3v) is 5.48. The van der Waals surface area contributed by atoms with Gasteiger partial charge in [-0.25, -0.2) is 0 Å². The minimum absolute atomic E-state index is 0.00180. The van der Waals surface area contributed by atoms with E-state index >= 15 is 0 Å². The number of benzene rings is 1. The third-order valence-electron chi connectivity index (χ3n) is 5.48. The van der Waals surface area contributed by atoms with Crippen LogP contribution in [0.3, 0.4) is 0 Å². The lowest BCUT2D eigenvalue weighted by molar-refractivity contribution is -0.131. The van der Waals surface area contributed by atoms with E-state index in [4.69, 9.17) is 16.2 Å². The lowest BCUT2D eigenvalue weighted by Gasteiger charge is -2.19. The van der Waals surface area contributed by atoms with Crippen LogP contribution in [-0.2, 0) is 39.9 Å². The third kappa shape index (κ3) is 16.7. The smallest absolute Gasteiger partial charge is 0.243 e. The molecule has 0 radical (unpaired) electrons. The van der Waals surface area contributed by atoms with Crippen LogP contribution in [0.5, 0.6) is 0 Å². The van der Waals surface area contributed by atoms with Gasteiger partial charge in [0.1, 0.15) is 12.8 Å². The summed E-state index contributed by atoms with van der Waals surface area (Å²) in [5.41, 5.74) is 11.3. The van der Waals surface area contributed by atoms with E-state index in [2.05, 4.69) is 26.6 Å². The van der Waals surface area contributed by atoms with E-state index in [0.29, 0.717) is 13.0 Å². The zero-order valence-corrected chi connectivity index (χ0v) is 22.8. The summed E-state index contributed by atoms with van der Waals surface area (Å²) in [6.07, 6.45) is 2.26. The highest BCUT2D eigenvalue weighted by Crippen LogP contribution is 2.04. The maximum Gasteiger partial charge on any atom is 0.243 e. The van der Waals surface area contributed by atoms with Gasteiger partial charge >= 0.3 is 0 Å². The number of amides is 6. The molecule has 40 heavy (non-hydrogen) atoms. The Morgan fingerprint density at radius 3 is 2.10 bits per heavy atom. The normalized spacial score (nSPS) is 11.9. The quantitative estimate of drug-likeness (QED) is 0.0688. The summed E-state index contributed by atoms with van der Waals surface area (Å²) >= 11 is 0. The number of hydrogen-bond acceptors (Lipinski definition) is 8. The first kappa shape index (κ1) is 34.0. The van der Waals surface area contributed by atoms with Crippen LogP contribution in [0.15, 0.2) is 30.3 Å². The Bertz CT molecular complexity index is 975. The van der Waals surface area contributed by atoms with Crippen molar-refractivity contribution in [1.82, 2.24) is 26.6 Å². The van der Waals surface area contributed by atoms with Gasteiger partial charge in [-0.3, -0.25) is 28.8 Å². The van der Waals surface area contributed by atoms with E-state index in [9.17, 15) is 28.8 Å². The number of primary amides is 1. The largest absolute Gasteiger partial charge is 0.370 e. The molecule has 0 fully saturated rings. The highest BCUT2D eigenvalue weighted by atomic mass is 16.5. The van der Waals surface area contributed by atoms with Gasteiger partial charge < -0.3 is 42.8 Å². The maximum atomic E-state index is 12.8. The zero-order valence-electron chi connectivity index (χ0n) is 22.8. The molecular formula is C26H41N7O7. The molecule has 0 spiro atoms. The molecule has 0 saturated heterocycles. The van der Waals surface area contributed by atoms with Gasteiger partial charge in [0.2, 0.25) is 35.4 Å². The van der Waals surface area contributed by atoms with Crippen LogP contribution >= 0.6 is 0 Å². The fourth-order valence-corrected chi connectivity index (χ4v) is 3.38. The van der Waals surface area contributed by atoms with Crippen LogP contribution in [0.1, 0.15) is 44.6 Å². The summed E-state index contributed by atoms with van der Waals surface area (Å²) in [5, 5.41) is 12.3. The molecule has 0 aliphatic carbocycles. The highest BCUT2D eigenvalue weighted by Gasteiger charge is 2.22. The van der Waals surface area contributed by atoms with Gasteiger partial charge in [-0.1, -0.05) is 36.8 Å². The van der Waals surface area contributed by atoms with Crippen molar-refractivity contribution in [3.63, 3.8) is 0 Å². The second kappa shape index (κ2) is 19.9. The predicted molar refractivity (Wildman–Crippen MR) is 146 cm³/mol. The number of rotatable bonds is 20. The van der Waals surface area contributed by atoms with E-state index in [1.807, 2.05) is 6.07 Å². The van der Waals surface area contributed by atoms with Gasteiger partial charge in [0.25, 0.3) is 0 Å². The highest BCUT2D eigenvalue weighted by molar-refractivity contribution is 5.92. The molecular weight excluding hydrogens is 522 g/mol. The molecule has 6 amide bonds. The maximum absolute atomic E-state index is 12.8. The van der Waals surface area contributed by atoms with E-state index in [0.717, 1.165) is 18.4 Å². The molecule has 222 valence electrons. The molecule has 0 aliphatic rings. The number of hydrogen-bond donors (Lipinski definition) is 7. The fourth-order valence-electron chi connectivity index (χ4n) is 3.38. The Morgan fingerprint density at radius 1 is 0.800 bits per heavy atom. The molecule has 14 heteroatoms. The van der Waals surface area contributed by atoms with Gasteiger partial charge in [0.05, 0.1) is 32.2 Å². The summed E-state index contributed by atoms with van der Waals surface area (Å²) in [7, 11) is 0. The van der Waals surface area contributed by atoms with Crippen molar-refractivity contribution in [2.45, 2.75) is 57.6 Å². The van der Waals surface area contributed by atoms with Crippen molar-refractivity contribution in [3.05, 3.63) is 35.9 Å². The Kier molecular flexibility index (Phi) is 16.9. The van der Waals surface area contributed by atoms with Gasteiger partial charge in [-0.15, -0.1) is 0 Å². The second-order valence-corrected chi connectivity index (χ2v) is 9.07. The number of nitrogens with one attached hydrogen (secondary N) is 5. The molecule has 14 nitrogen and oxygen atoms in total. The molecule has 2 atom stereocenters. The van der Waals surface area contributed by atoms with Crippen molar-refractivity contribution in [1.29, 1.82) is 0 Å². The molecule has 1 rings (SSSR count). The van der Waals surface area contributed by atoms with E-state index in [-0.39, 0.29) is 45.0 Å². The summed E-state index contributed by atoms with van der Waals surface area (Å²) in [6.45, 7) is 0.936. The first-order chi connectivity index (χ1) is 19.1. The van der Waals surface area contributed by atoms with Gasteiger partial charge in [0, 0.05) is 12.8 Å². The number of carbonyl (C=O) groups excluding carboxylic acids is 6. The first-order valence-electron chi connectivity index (χ1n) is 13.1. The minimum atomic E-state index is -1.03. The average molecular weight is 564 g/mol. The minimum Gasteiger partial charge on any atom is -0.370 e. The molecule has 0 saturated carbocycles. The van der Waals surface area contributed by atoms with Crippen LogP contribution in [0.4, 0.5) is 0 Å². The molecule has 0 unspecified atom stereocenters. The summed E-state index contributed by atoms with van der Waals surface area (Å²) in [6, 6.07) is 7.91. The standard InChI is InChI=1S/C26H41N7O7/c1-18(12-21(28)34)40-17-32-24(37)15-31-26(39)20(13-19-8-4-2-5-9-19)33-25(38)16-30-23(36)14-29-22(35)10-6-3-7-11-27/h2,4-5,8-9,18,20H,3,6-7,10-17,27H2,1H3,(H2,28,34)(H,29,35)(H,30,36)(H,31,39)(H,32,37)(H,33,38)/t18-,20-/m0/s1. The Balaban J connectivity index is 2.51. The molecule has 1 aromatic carbocycles. The number of nitrogens with two attached hydrogens (primary N) is 2. The first-order valence-corrected chi connectivity index (χ1v) is 13.1. The molecule has 9 N–H and O–H groups in total. The number of ether oxygens (including phenoxy) is 1. The molecule has 1 aromatic rings. The number of unbranched alkanes of at least 4 members (excludes halogenated alkanes) is 2. The van der Waals surface area contributed by atoms with Crippen LogP contribution in [0.2, 0.25) is 0 Å². The average Bonchev–Trinajstić information content (AvgIpc) is 2.91. The van der Waals surface area contributed by atoms with Crippen LogP contribution in [-0.4, -0.2) is 80.5 Å². The fraction of sp³-hybridized carbons (Fsp3) is 0.538. The number of carbonyl (C=O) groups is 6. The van der Waals surface area contributed by atoms with E-state index in [1.54, 1.807) is 31.2 Å². The van der Waals surface area contributed by atoms with Crippen molar-refractivity contribution in [2.24, 2.45) is 11.5 Å². The van der Waals surface area contributed by atoms with E-state index < -0.39 is 48.2 Å². The topological polar surface area (TPSA) is 224 Å². The van der Waals surface area contributed by atoms with Crippen molar-refractivity contribution in [3.8, 4) is 0 Å². The van der Waals surface area contributed by atoms with Crippen molar-refractivity contribution >= 4 is 35.4 Å².